The van der Waals surface area contributed by atoms with Crippen LogP contribution < -0.4 is 10.7 Å². The van der Waals surface area contributed by atoms with Crippen molar-refractivity contribution in [2.24, 2.45) is 0 Å². The van der Waals surface area contributed by atoms with Crippen LogP contribution in [-0.4, -0.2) is 27.2 Å². The third-order valence-electron chi connectivity index (χ3n) is 4.40. The topological polar surface area (TPSA) is 107 Å². The van der Waals surface area contributed by atoms with E-state index in [0.29, 0.717) is 18.7 Å². The highest BCUT2D eigenvalue weighted by molar-refractivity contribution is 5.92. The second kappa shape index (κ2) is 8.92. The molecule has 0 unspecified atom stereocenters. The van der Waals surface area contributed by atoms with Crippen LogP contribution in [0.25, 0.3) is 5.69 Å². The number of carbonyl (C=O) groups excluding carboxylic acids is 1. The molecular formula is C21H20N4O4. The number of nitro groups is 1. The van der Waals surface area contributed by atoms with Gasteiger partial charge in [-0.1, -0.05) is 42.5 Å². The van der Waals surface area contributed by atoms with Gasteiger partial charge < -0.3 is 5.32 Å². The lowest BCUT2D eigenvalue weighted by Crippen LogP contribution is -2.32. The zero-order valence-corrected chi connectivity index (χ0v) is 15.9. The summed E-state index contributed by atoms with van der Waals surface area (Å²) in [6.45, 7) is 1.99. The summed E-state index contributed by atoms with van der Waals surface area (Å²) in [6.07, 6.45) is 1.50. The lowest BCUT2D eigenvalue weighted by atomic mass is 10.1. The second-order valence-corrected chi connectivity index (χ2v) is 6.50. The van der Waals surface area contributed by atoms with Gasteiger partial charge in [0.1, 0.15) is 5.69 Å². The third-order valence-corrected chi connectivity index (χ3v) is 4.40. The molecule has 1 aromatic heterocycles. The molecule has 0 saturated heterocycles. The maximum atomic E-state index is 12.5. The molecule has 1 N–H and O–H groups in total. The summed E-state index contributed by atoms with van der Waals surface area (Å²) < 4.78 is 1.25. The first kappa shape index (κ1) is 19.9. The van der Waals surface area contributed by atoms with Gasteiger partial charge in [0.15, 0.2) is 5.69 Å². The third kappa shape index (κ3) is 4.73. The average molecular weight is 392 g/mol. The number of rotatable bonds is 7. The van der Waals surface area contributed by atoms with Crippen LogP contribution >= 0.6 is 0 Å². The molecule has 3 rings (SSSR count). The van der Waals surface area contributed by atoms with Crippen molar-refractivity contribution in [3.63, 3.8) is 0 Å². The van der Waals surface area contributed by atoms with E-state index in [2.05, 4.69) is 10.4 Å². The molecule has 148 valence electrons. The van der Waals surface area contributed by atoms with Gasteiger partial charge in [-0.15, -0.1) is 0 Å². The predicted octanol–water partition coefficient (Wildman–Crippen LogP) is 2.81. The molecule has 0 radical (unpaired) electrons. The number of carbonyl (C=O) groups is 1. The van der Waals surface area contributed by atoms with Gasteiger partial charge in [-0.25, -0.2) is 4.68 Å². The molecule has 8 heteroatoms. The van der Waals surface area contributed by atoms with Gasteiger partial charge in [0.05, 0.1) is 4.92 Å². The average Bonchev–Trinajstić information content (AvgIpc) is 2.72. The number of hydrogen-bond donors (Lipinski definition) is 1. The Morgan fingerprint density at radius 3 is 2.55 bits per heavy atom. The summed E-state index contributed by atoms with van der Waals surface area (Å²) in [7, 11) is 0. The summed E-state index contributed by atoms with van der Waals surface area (Å²) in [4.78, 5) is 35.5. The van der Waals surface area contributed by atoms with Crippen molar-refractivity contribution in [1.29, 1.82) is 0 Å². The van der Waals surface area contributed by atoms with Crippen molar-refractivity contribution in [3.05, 3.63) is 98.0 Å². The van der Waals surface area contributed by atoms with E-state index >= 15 is 0 Å². The smallest absolute Gasteiger partial charge is 0.294 e. The number of aromatic nitrogens is 2. The Hall–Kier alpha value is -3.81. The Kier molecular flexibility index (Phi) is 6.13. The Labute approximate surface area is 167 Å². The molecule has 29 heavy (non-hydrogen) atoms. The first-order valence-electron chi connectivity index (χ1n) is 9.14. The molecule has 1 amide bonds. The molecule has 0 aliphatic carbocycles. The molecule has 0 aliphatic heterocycles. The first-order chi connectivity index (χ1) is 14.0. The van der Waals surface area contributed by atoms with E-state index in [-0.39, 0.29) is 17.1 Å². The van der Waals surface area contributed by atoms with Gasteiger partial charge >= 0.3 is 0 Å². The van der Waals surface area contributed by atoms with Crippen LogP contribution in [0.2, 0.25) is 0 Å². The van der Waals surface area contributed by atoms with E-state index in [1.807, 2.05) is 30.3 Å². The van der Waals surface area contributed by atoms with Crippen molar-refractivity contribution in [2.45, 2.75) is 19.8 Å². The highest BCUT2D eigenvalue weighted by atomic mass is 16.6. The second-order valence-electron chi connectivity index (χ2n) is 6.50. The fraction of sp³-hybridized carbons (Fsp3) is 0.190. The van der Waals surface area contributed by atoms with Crippen molar-refractivity contribution in [3.8, 4) is 5.69 Å². The minimum Gasteiger partial charge on any atom is -0.351 e. The highest BCUT2D eigenvalue weighted by Gasteiger charge is 2.19. The molecule has 0 saturated carbocycles. The van der Waals surface area contributed by atoms with Gasteiger partial charge in [0.2, 0.25) is 5.43 Å². The first-order valence-corrected chi connectivity index (χ1v) is 9.14. The van der Waals surface area contributed by atoms with Gasteiger partial charge in [-0.05, 0) is 31.4 Å². The number of benzene rings is 2. The molecule has 2 aromatic carbocycles. The predicted molar refractivity (Wildman–Crippen MR) is 108 cm³/mol. The molecule has 8 nitrogen and oxygen atoms in total. The number of aryl methyl sites for hydroxylation is 2. The summed E-state index contributed by atoms with van der Waals surface area (Å²) in [6, 6.07) is 17.2. The van der Waals surface area contributed by atoms with E-state index in [0.717, 1.165) is 12.0 Å². The van der Waals surface area contributed by atoms with E-state index < -0.39 is 16.3 Å². The van der Waals surface area contributed by atoms with Crippen molar-refractivity contribution >= 4 is 11.6 Å². The number of amides is 1. The molecule has 0 aliphatic rings. The summed E-state index contributed by atoms with van der Waals surface area (Å²) >= 11 is 0. The van der Waals surface area contributed by atoms with Gasteiger partial charge in [0.25, 0.3) is 11.6 Å². The maximum Gasteiger partial charge on any atom is 0.294 e. The van der Waals surface area contributed by atoms with Crippen LogP contribution in [0.4, 0.5) is 5.69 Å². The zero-order valence-electron chi connectivity index (χ0n) is 15.9. The van der Waals surface area contributed by atoms with Crippen LogP contribution in [0.5, 0.6) is 0 Å². The number of nitrogens with one attached hydrogen (secondary N) is 1. The highest BCUT2D eigenvalue weighted by Crippen LogP contribution is 2.22. The lowest BCUT2D eigenvalue weighted by molar-refractivity contribution is -0.384. The summed E-state index contributed by atoms with van der Waals surface area (Å²) in [5, 5.41) is 18.1. The monoisotopic (exact) mass is 392 g/mol. The molecular weight excluding hydrogens is 372 g/mol. The number of hydrogen-bond acceptors (Lipinski definition) is 5. The van der Waals surface area contributed by atoms with Gasteiger partial charge in [0, 0.05) is 24.4 Å². The van der Waals surface area contributed by atoms with Crippen molar-refractivity contribution < 1.29 is 9.72 Å². The molecule has 0 bridgehead atoms. The van der Waals surface area contributed by atoms with Crippen molar-refractivity contribution in [2.75, 3.05) is 6.54 Å². The molecule has 1 heterocycles. The number of nitro benzene ring substituents is 1. The van der Waals surface area contributed by atoms with Crippen LogP contribution in [0, 0.1) is 17.0 Å². The lowest BCUT2D eigenvalue weighted by Gasteiger charge is -2.11. The molecule has 3 aromatic rings. The largest absolute Gasteiger partial charge is 0.351 e. The Morgan fingerprint density at radius 1 is 1.14 bits per heavy atom. The van der Waals surface area contributed by atoms with Gasteiger partial charge in [-0.3, -0.25) is 19.7 Å². The normalized spacial score (nSPS) is 10.5. The van der Waals surface area contributed by atoms with Crippen LogP contribution in [0.1, 0.15) is 28.2 Å². The van der Waals surface area contributed by atoms with Crippen LogP contribution in [0.3, 0.4) is 0 Å². The Balaban J connectivity index is 1.78. The standard InChI is InChI=1S/C21H20N4O4/c1-15-14-19(26)20(21(27)22-13-7-10-16-8-3-2-4-9-16)23-24(15)17-11-5-6-12-18(17)25(28)29/h2-6,8-9,11-12,14H,7,10,13H2,1H3,(H,22,27). The maximum absolute atomic E-state index is 12.5. The minimum absolute atomic E-state index is 0.166. The molecule has 0 fully saturated rings. The quantitative estimate of drug-likeness (QED) is 0.378. The fourth-order valence-electron chi connectivity index (χ4n) is 2.97. The number of nitrogens with zero attached hydrogens (tertiary/aromatic N) is 3. The molecule has 0 atom stereocenters. The van der Waals surface area contributed by atoms with E-state index in [9.17, 15) is 19.7 Å². The van der Waals surface area contributed by atoms with Crippen LogP contribution in [-0.2, 0) is 6.42 Å². The van der Waals surface area contributed by atoms with Crippen LogP contribution in [0.15, 0.2) is 65.5 Å². The van der Waals surface area contributed by atoms with Crippen molar-refractivity contribution in [1.82, 2.24) is 15.1 Å². The summed E-state index contributed by atoms with van der Waals surface area (Å²) in [5.74, 6) is -0.601. The van der Waals surface area contributed by atoms with Gasteiger partial charge in [-0.2, -0.15) is 5.10 Å². The number of para-hydroxylation sites is 2. The Morgan fingerprint density at radius 2 is 1.83 bits per heavy atom. The summed E-state index contributed by atoms with van der Waals surface area (Å²) in [5.41, 5.74) is 0.749. The van der Waals surface area contributed by atoms with E-state index in [4.69, 9.17) is 0 Å². The Bertz CT molecular complexity index is 1090. The fourth-order valence-corrected chi connectivity index (χ4v) is 2.97. The molecule has 0 spiro atoms. The van der Waals surface area contributed by atoms with E-state index in [1.54, 1.807) is 19.1 Å². The van der Waals surface area contributed by atoms with E-state index in [1.165, 1.54) is 22.9 Å². The SMILES string of the molecule is Cc1cc(=O)c(C(=O)NCCCc2ccccc2)nn1-c1ccccc1[N+](=O)[O-]. The minimum atomic E-state index is -0.601. The zero-order chi connectivity index (χ0) is 20.8.